The predicted octanol–water partition coefficient (Wildman–Crippen LogP) is 3.75. The molecule has 0 aliphatic rings. The third kappa shape index (κ3) is 2.68. The maximum Gasteiger partial charge on any atom is 0.0739 e. The molecule has 5 heteroatoms. The molecular weight excluding hydrogens is 310 g/mol. The molecular formula is C13H18BrN3S. The van der Waals surface area contributed by atoms with E-state index in [1.54, 1.807) is 0 Å². The first-order valence-electron chi connectivity index (χ1n) is 5.92. The smallest absolute Gasteiger partial charge is 0.0739 e. The minimum atomic E-state index is 0.423. The molecule has 2 aromatic rings. The van der Waals surface area contributed by atoms with Gasteiger partial charge in [0.15, 0.2) is 0 Å². The van der Waals surface area contributed by atoms with Gasteiger partial charge in [-0.05, 0) is 48.3 Å². The monoisotopic (exact) mass is 327 g/mol. The Morgan fingerprint density at radius 1 is 1.56 bits per heavy atom. The third-order valence-electron chi connectivity index (χ3n) is 3.28. The highest BCUT2D eigenvalue weighted by Crippen LogP contribution is 2.27. The maximum absolute atomic E-state index is 4.43. The average Bonchev–Trinajstić information content (AvgIpc) is 2.93. The molecule has 1 unspecified atom stereocenters. The van der Waals surface area contributed by atoms with Crippen molar-refractivity contribution in [3.63, 3.8) is 0 Å². The Labute approximate surface area is 121 Å². The quantitative estimate of drug-likeness (QED) is 0.852. The van der Waals surface area contributed by atoms with Gasteiger partial charge in [0, 0.05) is 24.5 Å². The second-order valence-corrected chi connectivity index (χ2v) is 6.35. The molecule has 0 bridgehead atoms. The standard InChI is InChI=1S/C13H18BrN3S/c1-9-13(14)11(17(4)15-9)8-16(3)10(2)12-6-5-7-18-12/h5-7,10H,8H2,1-4H3. The Morgan fingerprint density at radius 2 is 2.28 bits per heavy atom. The molecule has 0 saturated carbocycles. The number of thiophene rings is 1. The predicted molar refractivity (Wildman–Crippen MR) is 79.8 cm³/mol. The van der Waals surface area contributed by atoms with Crippen molar-refractivity contribution in [3.8, 4) is 0 Å². The van der Waals surface area contributed by atoms with Crippen LogP contribution in [0.25, 0.3) is 0 Å². The largest absolute Gasteiger partial charge is 0.293 e. The van der Waals surface area contributed by atoms with Crippen molar-refractivity contribution in [2.75, 3.05) is 7.05 Å². The topological polar surface area (TPSA) is 21.1 Å². The molecule has 2 heterocycles. The molecule has 0 N–H and O–H groups in total. The second-order valence-electron chi connectivity index (χ2n) is 4.58. The Morgan fingerprint density at radius 3 is 2.78 bits per heavy atom. The van der Waals surface area contributed by atoms with E-state index in [2.05, 4.69) is 57.4 Å². The van der Waals surface area contributed by atoms with Gasteiger partial charge in [-0.3, -0.25) is 9.58 Å². The summed E-state index contributed by atoms with van der Waals surface area (Å²) in [5.74, 6) is 0. The molecule has 0 aromatic carbocycles. The van der Waals surface area contributed by atoms with E-state index in [9.17, 15) is 0 Å². The SMILES string of the molecule is Cc1nn(C)c(CN(C)C(C)c2cccs2)c1Br. The van der Waals surface area contributed by atoms with Gasteiger partial charge in [0.2, 0.25) is 0 Å². The lowest BCUT2D eigenvalue weighted by atomic mass is 10.2. The van der Waals surface area contributed by atoms with Crippen molar-refractivity contribution < 1.29 is 0 Å². The second kappa shape index (κ2) is 5.55. The van der Waals surface area contributed by atoms with E-state index < -0.39 is 0 Å². The molecule has 0 spiro atoms. The highest BCUT2D eigenvalue weighted by Gasteiger charge is 2.17. The minimum absolute atomic E-state index is 0.423. The van der Waals surface area contributed by atoms with Crippen LogP contribution in [0.3, 0.4) is 0 Å². The van der Waals surface area contributed by atoms with Crippen LogP contribution in [0.5, 0.6) is 0 Å². The van der Waals surface area contributed by atoms with Crippen molar-refractivity contribution in [1.82, 2.24) is 14.7 Å². The van der Waals surface area contributed by atoms with Gasteiger partial charge in [0.05, 0.1) is 15.9 Å². The number of hydrogen-bond donors (Lipinski definition) is 0. The van der Waals surface area contributed by atoms with E-state index in [4.69, 9.17) is 0 Å². The third-order valence-corrected chi connectivity index (χ3v) is 5.35. The zero-order valence-electron chi connectivity index (χ0n) is 11.1. The van der Waals surface area contributed by atoms with Crippen LogP contribution < -0.4 is 0 Å². The van der Waals surface area contributed by atoms with Gasteiger partial charge in [0.25, 0.3) is 0 Å². The molecule has 0 aliphatic carbocycles. The fraction of sp³-hybridized carbons (Fsp3) is 0.462. The number of aromatic nitrogens is 2. The van der Waals surface area contributed by atoms with Crippen LogP contribution in [0.15, 0.2) is 22.0 Å². The molecule has 1 atom stereocenters. The lowest BCUT2D eigenvalue weighted by Crippen LogP contribution is -2.22. The molecule has 3 nitrogen and oxygen atoms in total. The van der Waals surface area contributed by atoms with Gasteiger partial charge in [-0.15, -0.1) is 11.3 Å². The minimum Gasteiger partial charge on any atom is -0.293 e. The summed E-state index contributed by atoms with van der Waals surface area (Å²) in [6.45, 7) is 5.15. The lowest BCUT2D eigenvalue weighted by molar-refractivity contribution is 0.249. The van der Waals surface area contributed by atoms with Crippen molar-refractivity contribution in [2.24, 2.45) is 7.05 Å². The van der Waals surface area contributed by atoms with Crippen LogP contribution in [0, 0.1) is 6.92 Å². The van der Waals surface area contributed by atoms with Gasteiger partial charge in [-0.2, -0.15) is 5.10 Å². The summed E-state index contributed by atoms with van der Waals surface area (Å²) in [5.41, 5.74) is 2.27. The van der Waals surface area contributed by atoms with E-state index in [0.717, 1.165) is 16.7 Å². The van der Waals surface area contributed by atoms with Gasteiger partial charge in [-0.1, -0.05) is 6.07 Å². The summed E-state index contributed by atoms with van der Waals surface area (Å²) in [7, 11) is 4.15. The summed E-state index contributed by atoms with van der Waals surface area (Å²) in [4.78, 5) is 3.74. The fourth-order valence-corrected chi connectivity index (χ4v) is 3.28. The molecule has 0 radical (unpaired) electrons. The van der Waals surface area contributed by atoms with E-state index in [0.29, 0.717) is 6.04 Å². The Kier molecular flexibility index (Phi) is 4.25. The summed E-state index contributed by atoms with van der Waals surface area (Å²) in [6, 6.07) is 4.72. The van der Waals surface area contributed by atoms with E-state index in [-0.39, 0.29) is 0 Å². The molecule has 98 valence electrons. The Bertz CT molecular complexity index is 519. The zero-order valence-corrected chi connectivity index (χ0v) is 13.5. The van der Waals surface area contributed by atoms with Crippen LogP contribution in [-0.4, -0.2) is 21.7 Å². The molecule has 0 amide bonds. The summed E-state index contributed by atoms with van der Waals surface area (Å²) in [6.07, 6.45) is 0. The number of halogens is 1. The van der Waals surface area contributed by atoms with Gasteiger partial charge < -0.3 is 0 Å². The summed E-state index contributed by atoms with van der Waals surface area (Å²) >= 11 is 5.43. The first-order valence-corrected chi connectivity index (χ1v) is 7.59. The van der Waals surface area contributed by atoms with Crippen LogP contribution in [0.2, 0.25) is 0 Å². The molecule has 0 fully saturated rings. The first-order chi connectivity index (χ1) is 8.50. The molecule has 0 aliphatic heterocycles. The van der Waals surface area contributed by atoms with Crippen molar-refractivity contribution >= 4 is 27.3 Å². The zero-order chi connectivity index (χ0) is 13.3. The van der Waals surface area contributed by atoms with Crippen LogP contribution in [-0.2, 0) is 13.6 Å². The van der Waals surface area contributed by atoms with E-state index >= 15 is 0 Å². The molecule has 2 rings (SSSR count). The van der Waals surface area contributed by atoms with Gasteiger partial charge in [-0.25, -0.2) is 0 Å². The lowest BCUT2D eigenvalue weighted by Gasteiger charge is -2.23. The first kappa shape index (κ1) is 13.8. The maximum atomic E-state index is 4.43. The summed E-state index contributed by atoms with van der Waals surface area (Å²) < 4.78 is 3.08. The normalized spacial score (nSPS) is 13.2. The van der Waals surface area contributed by atoms with Crippen molar-refractivity contribution in [1.29, 1.82) is 0 Å². The van der Waals surface area contributed by atoms with Crippen LogP contribution >= 0.6 is 27.3 Å². The molecule has 0 saturated heterocycles. The van der Waals surface area contributed by atoms with Gasteiger partial charge >= 0.3 is 0 Å². The number of hydrogen-bond acceptors (Lipinski definition) is 3. The fourth-order valence-electron chi connectivity index (χ4n) is 1.97. The Hall–Kier alpha value is -0.650. The van der Waals surface area contributed by atoms with Crippen molar-refractivity contribution in [2.45, 2.75) is 26.4 Å². The highest BCUT2D eigenvalue weighted by molar-refractivity contribution is 9.10. The Balaban J connectivity index is 2.14. The number of rotatable bonds is 4. The number of aryl methyl sites for hydroxylation is 2. The van der Waals surface area contributed by atoms with E-state index in [1.165, 1.54) is 10.6 Å². The highest BCUT2D eigenvalue weighted by atomic mass is 79.9. The number of nitrogens with zero attached hydrogens (tertiary/aromatic N) is 3. The average molecular weight is 328 g/mol. The summed E-state index contributed by atoms with van der Waals surface area (Å²) in [5, 5.41) is 6.56. The van der Waals surface area contributed by atoms with E-state index in [1.807, 2.05) is 30.0 Å². The van der Waals surface area contributed by atoms with Crippen LogP contribution in [0.1, 0.15) is 29.2 Å². The van der Waals surface area contributed by atoms with Gasteiger partial charge in [0.1, 0.15) is 0 Å². The van der Waals surface area contributed by atoms with Crippen molar-refractivity contribution in [3.05, 3.63) is 38.3 Å². The molecule has 2 aromatic heterocycles. The molecule has 18 heavy (non-hydrogen) atoms. The van der Waals surface area contributed by atoms with Crippen LogP contribution in [0.4, 0.5) is 0 Å².